The summed E-state index contributed by atoms with van der Waals surface area (Å²) in [5.41, 5.74) is 2.91. The fourth-order valence-electron chi connectivity index (χ4n) is 3.76. The molecule has 0 radical (unpaired) electrons. The summed E-state index contributed by atoms with van der Waals surface area (Å²) in [5.74, 6) is 0.163. The lowest BCUT2D eigenvalue weighted by molar-refractivity contribution is 0.433. The minimum atomic E-state index is -0.768. The highest BCUT2D eigenvalue weighted by Gasteiger charge is 2.20. The van der Waals surface area contributed by atoms with Gasteiger partial charge >= 0.3 is 0 Å². The molecular formula is C25H20FN3O3. The first kappa shape index (κ1) is 19.8. The van der Waals surface area contributed by atoms with Gasteiger partial charge in [-0.05, 0) is 36.8 Å². The molecule has 3 aromatic heterocycles. The van der Waals surface area contributed by atoms with E-state index in [1.165, 1.54) is 22.7 Å². The molecular weight excluding hydrogens is 409 g/mol. The van der Waals surface area contributed by atoms with E-state index in [1.807, 2.05) is 49.4 Å². The second-order valence-electron chi connectivity index (χ2n) is 7.64. The van der Waals surface area contributed by atoms with E-state index in [0.717, 1.165) is 11.3 Å². The Hall–Kier alpha value is -4.13. The molecule has 0 aliphatic rings. The molecule has 0 spiro atoms. The molecule has 2 aromatic carbocycles. The van der Waals surface area contributed by atoms with E-state index in [0.29, 0.717) is 35.6 Å². The van der Waals surface area contributed by atoms with Crippen molar-refractivity contribution in [2.45, 2.75) is 19.8 Å². The number of aromatic hydroxyl groups is 2. The van der Waals surface area contributed by atoms with Crippen LogP contribution in [0.1, 0.15) is 28.5 Å². The van der Waals surface area contributed by atoms with Crippen molar-refractivity contribution in [1.82, 2.24) is 14.4 Å². The summed E-state index contributed by atoms with van der Waals surface area (Å²) >= 11 is 0. The van der Waals surface area contributed by atoms with E-state index >= 15 is 0 Å². The Morgan fingerprint density at radius 2 is 1.72 bits per heavy atom. The highest BCUT2D eigenvalue weighted by Crippen LogP contribution is 2.31. The molecule has 5 rings (SSSR count). The summed E-state index contributed by atoms with van der Waals surface area (Å²) in [6.07, 6.45) is 2.28. The molecule has 2 N–H and O–H groups in total. The third-order valence-electron chi connectivity index (χ3n) is 5.33. The topological polar surface area (TPSA) is 83.8 Å². The Labute approximate surface area is 183 Å². The molecule has 160 valence electrons. The van der Waals surface area contributed by atoms with Crippen molar-refractivity contribution in [1.29, 1.82) is 0 Å². The van der Waals surface area contributed by atoms with Crippen LogP contribution < -0.4 is 0 Å². The lowest BCUT2D eigenvalue weighted by Crippen LogP contribution is -2.01. The number of aromatic nitrogens is 3. The number of benzene rings is 2. The van der Waals surface area contributed by atoms with Crippen molar-refractivity contribution in [3.63, 3.8) is 0 Å². The van der Waals surface area contributed by atoms with Crippen molar-refractivity contribution in [2.24, 2.45) is 0 Å². The Morgan fingerprint density at radius 1 is 0.906 bits per heavy atom. The van der Waals surface area contributed by atoms with Crippen LogP contribution in [0, 0.1) is 12.7 Å². The minimum absolute atomic E-state index is 0.0624. The summed E-state index contributed by atoms with van der Waals surface area (Å²) in [4.78, 5) is 9.30. The molecule has 0 unspecified atom stereocenters. The van der Waals surface area contributed by atoms with Crippen LogP contribution in [0.15, 0.2) is 71.3 Å². The third kappa shape index (κ3) is 3.58. The van der Waals surface area contributed by atoms with E-state index < -0.39 is 11.6 Å². The Kier molecular flexibility index (Phi) is 4.86. The summed E-state index contributed by atoms with van der Waals surface area (Å²) < 4.78 is 21.8. The highest BCUT2D eigenvalue weighted by molar-refractivity contribution is 5.65. The maximum absolute atomic E-state index is 14.7. The summed E-state index contributed by atoms with van der Waals surface area (Å²) in [6, 6.07) is 17.8. The number of hydrogen-bond donors (Lipinski definition) is 2. The van der Waals surface area contributed by atoms with E-state index in [2.05, 4.69) is 9.97 Å². The van der Waals surface area contributed by atoms with Crippen LogP contribution in [0.2, 0.25) is 0 Å². The van der Waals surface area contributed by atoms with Crippen LogP contribution in [-0.4, -0.2) is 24.6 Å². The average molecular weight is 429 g/mol. The first-order valence-corrected chi connectivity index (χ1v) is 10.2. The molecule has 0 amide bonds. The van der Waals surface area contributed by atoms with Gasteiger partial charge in [-0.2, -0.15) is 0 Å². The van der Waals surface area contributed by atoms with Crippen molar-refractivity contribution in [3.8, 4) is 22.9 Å². The molecule has 0 aliphatic heterocycles. The van der Waals surface area contributed by atoms with Gasteiger partial charge in [0.1, 0.15) is 17.2 Å². The quantitative estimate of drug-likeness (QED) is 0.409. The predicted molar refractivity (Wildman–Crippen MR) is 117 cm³/mol. The van der Waals surface area contributed by atoms with Gasteiger partial charge in [0.15, 0.2) is 17.2 Å². The van der Waals surface area contributed by atoms with Crippen molar-refractivity contribution in [2.75, 3.05) is 0 Å². The van der Waals surface area contributed by atoms with Gasteiger partial charge in [0.05, 0.1) is 17.8 Å². The number of furan rings is 1. The van der Waals surface area contributed by atoms with E-state index in [4.69, 9.17) is 4.42 Å². The molecule has 5 aromatic rings. The van der Waals surface area contributed by atoms with Crippen LogP contribution in [-0.2, 0) is 12.8 Å². The average Bonchev–Trinajstić information content (AvgIpc) is 3.34. The standard InChI is InChI=1S/C25H20FN3O3/c1-15-10-11-17(32-15)13-20-25(31)29-14-21(18-8-5-9-22(30)23(18)26)27-19(24(29)28-20)12-16-6-3-2-4-7-16/h2-11,14,30-31H,12-13H2,1H3. The number of phenols is 1. The van der Waals surface area contributed by atoms with E-state index in [-0.39, 0.29) is 17.1 Å². The van der Waals surface area contributed by atoms with Crippen molar-refractivity contribution in [3.05, 3.63) is 101 Å². The fourth-order valence-corrected chi connectivity index (χ4v) is 3.76. The second-order valence-corrected chi connectivity index (χ2v) is 7.64. The van der Waals surface area contributed by atoms with E-state index in [9.17, 15) is 14.6 Å². The van der Waals surface area contributed by atoms with E-state index in [1.54, 1.807) is 6.07 Å². The molecule has 32 heavy (non-hydrogen) atoms. The van der Waals surface area contributed by atoms with Gasteiger partial charge in [0, 0.05) is 18.2 Å². The van der Waals surface area contributed by atoms with Crippen LogP contribution in [0.3, 0.4) is 0 Å². The number of aryl methyl sites for hydroxylation is 1. The molecule has 0 saturated heterocycles. The minimum Gasteiger partial charge on any atom is -0.505 e. The van der Waals surface area contributed by atoms with Gasteiger partial charge in [0.25, 0.3) is 0 Å². The number of fused-ring (bicyclic) bond motifs is 1. The third-order valence-corrected chi connectivity index (χ3v) is 5.33. The highest BCUT2D eigenvalue weighted by atomic mass is 19.1. The van der Waals surface area contributed by atoms with Crippen LogP contribution in [0.25, 0.3) is 16.9 Å². The number of halogens is 1. The summed E-state index contributed by atoms with van der Waals surface area (Å²) in [6.45, 7) is 1.85. The second kappa shape index (κ2) is 7.85. The number of rotatable bonds is 5. The first-order valence-electron chi connectivity index (χ1n) is 10.2. The maximum atomic E-state index is 14.7. The molecule has 0 aliphatic carbocycles. The van der Waals surface area contributed by atoms with Crippen molar-refractivity contribution < 1.29 is 19.0 Å². The van der Waals surface area contributed by atoms with Crippen LogP contribution in [0.4, 0.5) is 4.39 Å². The van der Waals surface area contributed by atoms with Gasteiger partial charge < -0.3 is 14.6 Å². The van der Waals surface area contributed by atoms with Gasteiger partial charge in [-0.3, -0.25) is 4.40 Å². The maximum Gasteiger partial charge on any atom is 0.219 e. The van der Waals surface area contributed by atoms with Crippen LogP contribution in [0.5, 0.6) is 11.6 Å². The molecule has 7 heteroatoms. The Bertz CT molecular complexity index is 1420. The normalized spacial score (nSPS) is 11.3. The van der Waals surface area contributed by atoms with Gasteiger partial charge in [-0.15, -0.1) is 0 Å². The molecule has 3 heterocycles. The first-order chi connectivity index (χ1) is 15.5. The largest absolute Gasteiger partial charge is 0.505 e. The number of imidazole rings is 1. The molecule has 0 bridgehead atoms. The number of phenolic OH excluding ortho intramolecular Hbond substituents is 1. The fraction of sp³-hybridized carbons (Fsp3) is 0.120. The lowest BCUT2D eigenvalue weighted by atomic mass is 10.1. The molecule has 0 saturated carbocycles. The van der Waals surface area contributed by atoms with Gasteiger partial charge in [-0.1, -0.05) is 36.4 Å². The summed E-state index contributed by atoms with van der Waals surface area (Å²) in [5, 5.41) is 20.8. The molecule has 6 nitrogen and oxygen atoms in total. The molecule has 0 atom stereocenters. The Balaban J connectivity index is 1.68. The number of nitrogens with zero attached hydrogens (tertiary/aromatic N) is 3. The zero-order valence-corrected chi connectivity index (χ0v) is 17.3. The SMILES string of the molecule is Cc1ccc(Cc2nc3c(Cc4ccccc4)nc(-c4cccc(O)c4F)cn3c2O)o1. The monoisotopic (exact) mass is 429 g/mol. The van der Waals surface area contributed by atoms with Gasteiger partial charge in [0.2, 0.25) is 5.88 Å². The summed E-state index contributed by atoms with van der Waals surface area (Å²) in [7, 11) is 0. The number of hydrogen-bond acceptors (Lipinski definition) is 5. The smallest absolute Gasteiger partial charge is 0.219 e. The lowest BCUT2D eigenvalue weighted by Gasteiger charge is -2.09. The zero-order valence-electron chi connectivity index (χ0n) is 17.3. The van der Waals surface area contributed by atoms with Crippen LogP contribution >= 0.6 is 0 Å². The van der Waals surface area contributed by atoms with Crippen molar-refractivity contribution >= 4 is 5.65 Å². The van der Waals surface area contributed by atoms with Gasteiger partial charge in [-0.25, -0.2) is 14.4 Å². The zero-order chi connectivity index (χ0) is 22.2. The Morgan fingerprint density at radius 3 is 2.47 bits per heavy atom. The molecule has 0 fully saturated rings. The predicted octanol–water partition coefficient (Wildman–Crippen LogP) is 5.03.